The van der Waals surface area contributed by atoms with Gasteiger partial charge in [0.15, 0.2) is 23.3 Å². The second-order valence-corrected chi connectivity index (χ2v) is 4.45. The van der Waals surface area contributed by atoms with Crippen molar-refractivity contribution in [3.8, 4) is 11.3 Å². The number of halogens is 8. The van der Waals surface area contributed by atoms with E-state index in [9.17, 15) is 35.1 Å². The molecule has 0 fully saturated rings. The van der Waals surface area contributed by atoms with Crippen LogP contribution in [-0.2, 0) is 6.18 Å². The Morgan fingerprint density at radius 3 is 1.67 bits per heavy atom. The van der Waals surface area contributed by atoms with Crippen LogP contribution in [0.5, 0.6) is 0 Å². The summed E-state index contributed by atoms with van der Waals surface area (Å²) >= 11 is 0. The molecule has 3 nitrogen and oxygen atoms in total. The highest BCUT2D eigenvalue weighted by molar-refractivity contribution is 6.60. The first-order valence-corrected chi connectivity index (χ1v) is 5.92. The number of alkyl halides is 3. The molecule has 1 aromatic heterocycles. The number of hydrogen-bond donors (Lipinski definition) is 2. The summed E-state index contributed by atoms with van der Waals surface area (Å²) in [6, 6.07) is 0.651. The fourth-order valence-corrected chi connectivity index (χ4v) is 1.85. The zero-order chi connectivity index (χ0) is 18.4. The Kier molecular flexibility index (Phi) is 4.55. The molecule has 0 aliphatic heterocycles. The van der Waals surface area contributed by atoms with Crippen molar-refractivity contribution in [1.82, 2.24) is 4.98 Å². The average molecular weight is 357 g/mol. The number of pyridine rings is 1. The summed E-state index contributed by atoms with van der Waals surface area (Å²) in [5.74, 6) is -12.3. The van der Waals surface area contributed by atoms with Crippen LogP contribution in [0.2, 0.25) is 0 Å². The third-order valence-electron chi connectivity index (χ3n) is 2.94. The van der Waals surface area contributed by atoms with Crippen LogP contribution in [0.15, 0.2) is 12.1 Å². The van der Waals surface area contributed by atoms with Crippen molar-refractivity contribution in [3.05, 3.63) is 46.9 Å². The summed E-state index contributed by atoms with van der Waals surface area (Å²) in [6.07, 6.45) is -5.11. The highest BCUT2D eigenvalue weighted by atomic mass is 19.4. The molecule has 12 heteroatoms. The van der Waals surface area contributed by atoms with Gasteiger partial charge in [-0.3, -0.25) is 0 Å². The zero-order valence-electron chi connectivity index (χ0n) is 11.1. The molecule has 24 heavy (non-hydrogen) atoms. The molecule has 0 bridgehead atoms. The van der Waals surface area contributed by atoms with Crippen molar-refractivity contribution < 1.29 is 45.2 Å². The molecule has 0 aliphatic carbocycles. The maximum absolute atomic E-state index is 13.8. The fourth-order valence-electron chi connectivity index (χ4n) is 1.85. The first kappa shape index (κ1) is 18.1. The topological polar surface area (TPSA) is 53.4 Å². The van der Waals surface area contributed by atoms with E-state index in [1.807, 2.05) is 0 Å². The minimum atomic E-state index is -5.11. The van der Waals surface area contributed by atoms with E-state index in [-0.39, 0.29) is 6.07 Å². The molecule has 1 aromatic carbocycles. The van der Waals surface area contributed by atoms with Gasteiger partial charge in [0.25, 0.3) is 0 Å². The lowest BCUT2D eigenvalue weighted by Gasteiger charge is -2.14. The smallest absolute Gasteiger partial charge is 0.423 e. The van der Waals surface area contributed by atoms with Gasteiger partial charge in [-0.25, -0.2) is 26.9 Å². The molecule has 0 spiro atoms. The van der Waals surface area contributed by atoms with Gasteiger partial charge in [-0.05, 0) is 6.07 Å². The van der Waals surface area contributed by atoms with Crippen molar-refractivity contribution >= 4 is 12.6 Å². The lowest BCUT2D eigenvalue weighted by atomic mass is 9.77. The van der Waals surface area contributed by atoms with E-state index in [4.69, 9.17) is 10.0 Å². The van der Waals surface area contributed by atoms with E-state index in [2.05, 4.69) is 4.98 Å². The van der Waals surface area contributed by atoms with E-state index in [1.54, 1.807) is 0 Å². The van der Waals surface area contributed by atoms with Crippen molar-refractivity contribution in [2.24, 2.45) is 0 Å². The van der Waals surface area contributed by atoms with Crippen molar-refractivity contribution in [2.45, 2.75) is 6.18 Å². The predicted octanol–water partition coefficient (Wildman–Crippen LogP) is 2.14. The Hall–Kier alpha value is -2.21. The number of rotatable bonds is 2. The van der Waals surface area contributed by atoms with Crippen LogP contribution >= 0.6 is 0 Å². The zero-order valence-corrected chi connectivity index (χ0v) is 11.1. The molecule has 0 saturated heterocycles. The standard InChI is InChI=1S/C12H4BF8NO2/c14-6-5(7(15)9(17)10(18)8(6)16)11-3(13(23)24)1-2-4(22-11)12(19,20)21/h1-2,23-24H. The Balaban J connectivity index is 2.90. The van der Waals surface area contributed by atoms with E-state index < -0.39 is 64.8 Å². The van der Waals surface area contributed by atoms with Gasteiger partial charge >= 0.3 is 13.3 Å². The van der Waals surface area contributed by atoms with Gasteiger partial charge in [-0.2, -0.15) is 13.2 Å². The van der Waals surface area contributed by atoms with Gasteiger partial charge in [0, 0.05) is 5.46 Å². The van der Waals surface area contributed by atoms with Gasteiger partial charge in [-0.15, -0.1) is 0 Å². The molecule has 0 unspecified atom stereocenters. The summed E-state index contributed by atoms with van der Waals surface area (Å²) in [5.41, 5.74) is -5.95. The minimum Gasteiger partial charge on any atom is -0.423 e. The Bertz CT molecular complexity index is 780. The van der Waals surface area contributed by atoms with Gasteiger partial charge in [-0.1, -0.05) is 6.07 Å². The second kappa shape index (κ2) is 6.02. The normalized spacial score (nSPS) is 11.8. The second-order valence-electron chi connectivity index (χ2n) is 4.45. The van der Waals surface area contributed by atoms with Crippen molar-refractivity contribution in [2.75, 3.05) is 0 Å². The van der Waals surface area contributed by atoms with Crippen LogP contribution in [0.1, 0.15) is 5.69 Å². The predicted molar refractivity (Wildman–Crippen MR) is 64.3 cm³/mol. The maximum Gasteiger partial charge on any atom is 0.490 e. The summed E-state index contributed by atoms with van der Waals surface area (Å²) in [7, 11) is -2.58. The molecule has 1 heterocycles. The quantitative estimate of drug-likeness (QED) is 0.375. The SMILES string of the molecule is OB(O)c1ccc(C(F)(F)F)nc1-c1c(F)c(F)c(F)c(F)c1F. The highest BCUT2D eigenvalue weighted by Crippen LogP contribution is 2.33. The molecule has 0 aliphatic rings. The van der Waals surface area contributed by atoms with E-state index in [0.29, 0.717) is 6.07 Å². The summed E-state index contributed by atoms with van der Waals surface area (Å²) in [5, 5.41) is 18.1. The van der Waals surface area contributed by atoms with Crippen LogP contribution in [0.25, 0.3) is 11.3 Å². The molecule has 2 aromatic rings. The number of nitrogens with zero attached hydrogens (tertiary/aromatic N) is 1. The monoisotopic (exact) mass is 357 g/mol. The van der Waals surface area contributed by atoms with Gasteiger partial charge in [0.05, 0.1) is 11.3 Å². The summed E-state index contributed by atoms with van der Waals surface area (Å²) < 4.78 is 105. The molecule has 2 N–H and O–H groups in total. The molecule has 0 atom stereocenters. The molecule has 0 saturated carbocycles. The minimum absolute atomic E-state index is 0.254. The first-order chi connectivity index (χ1) is 11.0. The first-order valence-electron chi connectivity index (χ1n) is 5.92. The molecular weight excluding hydrogens is 353 g/mol. The maximum atomic E-state index is 13.8. The van der Waals surface area contributed by atoms with Crippen molar-refractivity contribution in [3.63, 3.8) is 0 Å². The average Bonchev–Trinajstić information content (AvgIpc) is 2.50. The molecule has 0 radical (unpaired) electrons. The number of benzene rings is 1. The molecule has 0 amide bonds. The lowest BCUT2D eigenvalue weighted by Crippen LogP contribution is -2.33. The van der Waals surface area contributed by atoms with Crippen LogP contribution in [0, 0.1) is 29.1 Å². The highest BCUT2D eigenvalue weighted by Gasteiger charge is 2.36. The van der Waals surface area contributed by atoms with Gasteiger partial charge < -0.3 is 10.0 Å². The Morgan fingerprint density at radius 1 is 0.792 bits per heavy atom. The molecule has 2 rings (SSSR count). The summed E-state index contributed by atoms with van der Waals surface area (Å²) in [6.45, 7) is 0. The molecule has 128 valence electrons. The third-order valence-corrected chi connectivity index (χ3v) is 2.94. The van der Waals surface area contributed by atoms with Crippen LogP contribution in [0.3, 0.4) is 0 Å². The number of aromatic nitrogens is 1. The van der Waals surface area contributed by atoms with Gasteiger partial charge in [0.2, 0.25) is 5.82 Å². The fraction of sp³-hybridized carbons (Fsp3) is 0.0833. The van der Waals surface area contributed by atoms with Crippen LogP contribution in [0.4, 0.5) is 35.1 Å². The Labute approximate surface area is 128 Å². The third kappa shape index (κ3) is 2.94. The molecular formula is C12H4BF8NO2. The van der Waals surface area contributed by atoms with Gasteiger partial charge in [0.1, 0.15) is 5.69 Å². The largest absolute Gasteiger partial charge is 0.490 e. The summed E-state index contributed by atoms with van der Waals surface area (Å²) in [4.78, 5) is 2.79. The van der Waals surface area contributed by atoms with Crippen LogP contribution in [-0.4, -0.2) is 22.2 Å². The van der Waals surface area contributed by atoms with Crippen LogP contribution < -0.4 is 5.46 Å². The van der Waals surface area contributed by atoms with E-state index >= 15 is 0 Å². The van der Waals surface area contributed by atoms with Crippen molar-refractivity contribution in [1.29, 1.82) is 0 Å². The van der Waals surface area contributed by atoms with E-state index in [1.165, 1.54) is 0 Å². The van der Waals surface area contributed by atoms with E-state index in [0.717, 1.165) is 0 Å². The Morgan fingerprint density at radius 2 is 1.25 bits per heavy atom. The lowest BCUT2D eigenvalue weighted by molar-refractivity contribution is -0.141. The number of hydrogen-bond acceptors (Lipinski definition) is 3.